The van der Waals surface area contributed by atoms with Crippen molar-refractivity contribution < 1.29 is 13.5 Å². The van der Waals surface area contributed by atoms with Crippen LogP contribution in [0.25, 0.3) is 0 Å². The third-order valence-electron chi connectivity index (χ3n) is 4.72. The SMILES string of the molecule is CCn1nc(C)cc1S(=O)(=O)N1CCC(Cc2cccc(CO)c2)C1. The van der Waals surface area contributed by atoms with E-state index in [0.29, 0.717) is 25.6 Å². The Morgan fingerprint density at radius 1 is 1.28 bits per heavy atom. The van der Waals surface area contributed by atoms with Gasteiger partial charge in [-0.2, -0.15) is 9.40 Å². The van der Waals surface area contributed by atoms with E-state index in [4.69, 9.17) is 0 Å². The van der Waals surface area contributed by atoms with Crippen LogP contribution in [0.3, 0.4) is 0 Å². The molecule has 0 spiro atoms. The smallest absolute Gasteiger partial charge is 0.260 e. The van der Waals surface area contributed by atoms with Gasteiger partial charge in [0.15, 0.2) is 5.03 Å². The molecule has 7 heteroatoms. The summed E-state index contributed by atoms with van der Waals surface area (Å²) in [6, 6.07) is 9.51. The second-order valence-electron chi connectivity index (χ2n) is 6.64. The molecule has 1 fully saturated rings. The predicted octanol–water partition coefficient (Wildman–Crippen LogP) is 1.96. The van der Waals surface area contributed by atoms with Gasteiger partial charge in [0.25, 0.3) is 10.0 Å². The highest BCUT2D eigenvalue weighted by Gasteiger charge is 2.34. The van der Waals surface area contributed by atoms with Crippen molar-refractivity contribution in [2.45, 2.75) is 44.9 Å². The van der Waals surface area contributed by atoms with Gasteiger partial charge >= 0.3 is 0 Å². The molecule has 2 aromatic rings. The van der Waals surface area contributed by atoms with Crippen LogP contribution >= 0.6 is 0 Å². The molecule has 0 radical (unpaired) electrons. The monoisotopic (exact) mass is 363 g/mol. The summed E-state index contributed by atoms with van der Waals surface area (Å²) in [4.78, 5) is 0. The normalized spacial score (nSPS) is 18.8. The third kappa shape index (κ3) is 3.78. The summed E-state index contributed by atoms with van der Waals surface area (Å²) in [5, 5.41) is 13.8. The second kappa shape index (κ2) is 7.27. The molecular formula is C18H25N3O3S. The molecule has 2 heterocycles. The van der Waals surface area contributed by atoms with Crippen LogP contribution in [0, 0.1) is 12.8 Å². The minimum atomic E-state index is -3.50. The van der Waals surface area contributed by atoms with E-state index in [1.54, 1.807) is 15.1 Å². The average Bonchev–Trinajstić information content (AvgIpc) is 3.22. The molecular weight excluding hydrogens is 338 g/mol. The quantitative estimate of drug-likeness (QED) is 0.851. The fraction of sp³-hybridized carbons (Fsp3) is 0.500. The number of benzene rings is 1. The van der Waals surface area contributed by atoms with Crippen LogP contribution in [0.15, 0.2) is 35.4 Å². The van der Waals surface area contributed by atoms with Gasteiger partial charge in [-0.25, -0.2) is 8.42 Å². The summed E-state index contributed by atoms with van der Waals surface area (Å²) in [7, 11) is -3.50. The van der Waals surface area contributed by atoms with Gasteiger partial charge in [-0.3, -0.25) is 4.68 Å². The zero-order valence-electron chi connectivity index (χ0n) is 14.7. The summed E-state index contributed by atoms with van der Waals surface area (Å²) < 4.78 is 29.1. The van der Waals surface area contributed by atoms with Crippen molar-refractivity contribution >= 4 is 10.0 Å². The number of hydrogen-bond acceptors (Lipinski definition) is 4. The molecule has 0 bridgehead atoms. The number of rotatable bonds is 6. The van der Waals surface area contributed by atoms with Gasteiger partial charge in [-0.05, 0) is 49.8 Å². The fourth-order valence-electron chi connectivity index (χ4n) is 3.46. The Bertz CT molecular complexity index is 845. The molecule has 136 valence electrons. The number of nitrogens with zero attached hydrogens (tertiary/aromatic N) is 3. The number of aliphatic hydroxyl groups is 1. The maximum Gasteiger partial charge on any atom is 0.260 e. The van der Waals surface area contributed by atoms with Crippen molar-refractivity contribution in [1.82, 2.24) is 14.1 Å². The predicted molar refractivity (Wildman–Crippen MR) is 95.6 cm³/mol. The van der Waals surface area contributed by atoms with Crippen LogP contribution < -0.4 is 0 Å². The van der Waals surface area contributed by atoms with Gasteiger partial charge in [0.05, 0.1) is 12.3 Å². The Labute approximate surface area is 149 Å². The van der Waals surface area contributed by atoms with Gasteiger partial charge in [0.2, 0.25) is 0 Å². The summed E-state index contributed by atoms with van der Waals surface area (Å²) in [6.45, 7) is 5.34. The maximum absolute atomic E-state index is 13.0. The first kappa shape index (κ1) is 18.1. The lowest BCUT2D eigenvalue weighted by Gasteiger charge is -2.17. The van der Waals surface area contributed by atoms with Crippen LogP contribution in [0.5, 0.6) is 0 Å². The van der Waals surface area contributed by atoms with Crippen LogP contribution in [0.1, 0.15) is 30.2 Å². The number of aromatic nitrogens is 2. The van der Waals surface area contributed by atoms with Crippen LogP contribution in [-0.2, 0) is 29.6 Å². The molecule has 1 saturated heterocycles. The van der Waals surface area contributed by atoms with Crippen molar-refractivity contribution in [3.05, 3.63) is 47.2 Å². The van der Waals surface area contributed by atoms with Gasteiger partial charge in [0.1, 0.15) is 0 Å². The minimum Gasteiger partial charge on any atom is -0.392 e. The highest BCUT2D eigenvalue weighted by Crippen LogP contribution is 2.27. The van der Waals surface area contributed by atoms with Crippen molar-refractivity contribution in [1.29, 1.82) is 0 Å². The number of aliphatic hydroxyl groups excluding tert-OH is 1. The van der Waals surface area contributed by atoms with E-state index in [0.717, 1.165) is 29.7 Å². The number of hydrogen-bond donors (Lipinski definition) is 1. The Hall–Kier alpha value is -1.70. The standard InChI is InChI=1S/C18H25N3O3S/c1-3-21-18(9-14(2)19-21)25(23,24)20-8-7-16(12-20)10-15-5-4-6-17(11-15)13-22/h4-6,9,11,16,22H,3,7-8,10,12-13H2,1-2H3. The fourth-order valence-corrected chi connectivity index (χ4v) is 5.23. The first-order chi connectivity index (χ1) is 11.9. The number of sulfonamides is 1. The third-order valence-corrected chi connectivity index (χ3v) is 6.58. The van der Waals surface area contributed by atoms with Crippen molar-refractivity contribution in [3.63, 3.8) is 0 Å². The van der Waals surface area contributed by atoms with E-state index in [2.05, 4.69) is 5.10 Å². The van der Waals surface area contributed by atoms with E-state index in [1.807, 2.05) is 38.1 Å². The maximum atomic E-state index is 13.0. The van der Waals surface area contributed by atoms with Crippen molar-refractivity contribution in [2.24, 2.45) is 5.92 Å². The largest absolute Gasteiger partial charge is 0.392 e. The van der Waals surface area contributed by atoms with Crippen molar-refractivity contribution in [3.8, 4) is 0 Å². The highest BCUT2D eigenvalue weighted by atomic mass is 32.2. The molecule has 25 heavy (non-hydrogen) atoms. The first-order valence-electron chi connectivity index (χ1n) is 8.67. The molecule has 0 amide bonds. The number of aryl methyl sites for hydroxylation is 2. The molecule has 1 aliphatic heterocycles. The van der Waals surface area contributed by atoms with Crippen LogP contribution in [0.2, 0.25) is 0 Å². The zero-order valence-corrected chi connectivity index (χ0v) is 15.5. The lowest BCUT2D eigenvalue weighted by molar-refractivity contribution is 0.281. The summed E-state index contributed by atoms with van der Waals surface area (Å²) >= 11 is 0. The topological polar surface area (TPSA) is 75.4 Å². The van der Waals surface area contributed by atoms with Crippen LogP contribution in [-0.4, -0.2) is 40.7 Å². The summed E-state index contributed by atoms with van der Waals surface area (Å²) in [6.07, 6.45) is 1.67. The molecule has 1 aromatic carbocycles. The van der Waals surface area contributed by atoms with Gasteiger partial charge in [-0.15, -0.1) is 0 Å². The van der Waals surface area contributed by atoms with Gasteiger partial charge in [-0.1, -0.05) is 24.3 Å². The first-order valence-corrected chi connectivity index (χ1v) is 10.1. The van der Waals surface area contributed by atoms with E-state index in [-0.39, 0.29) is 11.6 Å². The van der Waals surface area contributed by atoms with Crippen LogP contribution in [0.4, 0.5) is 0 Å². The summed E-state index contributed by atoms with van der Waals surface area (Å²) in [5.74, 6) is 0.294. The van der Waals surface area contributed by atoms with Crippen molar-refractivity contribution in [2.75, 3.05) is 13.1 Å². The molecule has 1 atom stereocenters. The van der Waals surface area contributed by atoms with E-state index >= 15 is 0 Å². The molecule has 1 aliphatic rings. The highest BCUT2D eigenvalue weighted by molar-refractivity contribution is 7.89. The Morgan fingerprint density at radius 3 is 2.76 bits per heavy atom. The Balaban J connectivity index is 1.73. The van der Waals surface area contributed by atoms with E-state index in [1.165, 1.54) is 0 Å². The second-order valence-corrected chi connectivity index (χ2v) is 8.52. The lowest BCUT2D eigenvalue weighted by Crippen LogP contribution is -2.31. The molecule has 0 aliphatic carbocycles. The summed E-state index contributed by atoms with van der Waals surface area (Å²) in [5.41, 5.74) is 2.75. The van der Waals surface area contributed by atoms with E-state index in [9.17, 15) is 13.5 Å². The average molecular weight is 363 g/mol. The lowest BCUT2D eigenvalue weighted by atomic mass is 9.97. The molecule has 1 N–H and O–H groups in total. The van der Waals surface area contributed by atoms with Gasteiger partial charge < -0.3 is 5.11 Å². The Morgan fingerprint density at radius 2 is 2.04 bits per heavy atom. The molecule has 0 saturated carbocycles. The van der Waals surface area contributed by atoms with Gasteiger partial charge in [0, 0.05) is 19.6 Å². The molecule has 1 aromatic heterocycles. The molecule has 3 rings (SSSR count). The van der Waals surface area contributed by atoms with E-state index < -0.39 is 10.0 Å². The molecule has 6 nitrogen and oxygen atoms in total. The molecule has 1 unspecified atom stereocenters. The Kier molecular flexibility index (Phi) is 5.27. The minimum absolute atomic E-state index is 0.0272. The zero-order chi connectivity index (χ0) is 18.0.